The highest BCUT2D eigenvalue weighted by Crippen LogP contribution is 2.29. The fourth-order valence-electron chi connectivity index (χ4n) is 2.47. The van der Waals surface area contributed by atoms with Gasteiger partial charge in [-0.1, -0.05) is 11.6 Å². The predicted octanol–water partition coefficient (Wildman–Crippen LogP) is 2.89. The first kappa shape index (κ1) is 12.6. The maximum atomic E-state index is 13.4. The number of likely N-dealkylation sites (tertiary alicyclic amines) is 1. The molecule has 0 aliphatic carbocycles. The summed E-state index contributed by atoms with van der Waals surface area (Å²) >= 11 is 11.0. The van der Waals surface area contributed by atoms with Gasteiger partial charge >= 0.3 is 0 Å². The summed E-state index contributed by atoms with van der Waals surface area (Å²) in [5.74, 6) is -0.495. The summed E-state index contributed by atoms with van der Waals surface area (Å²) in [6, 6.07) is 2.46. The number of hydrogen-bond donors (Lipinski definition) is 1. The van der Waals surface area contributed by atoms with E-state index in [9.17, 15) is 9.18 Å². The van der Waals surface area contributed by atoms with Gasteiger partial charge in [0, 0.05) is 19.7 Å². The molecule has 0 radical (unpaired) electrons. The van der Waals surface area contributed by atoms with E-state index in [0.717, 1.165) is 0 Å². The Hall–Kier alpha value is -1.40. The van der Waals surface area contributed by atoms with E-state index in [2.05, 4.69) is 4.98 Å². The van der Waals surface area contributed by atoms with Crippen molar-refractivity contribution >= 4 is 40.8 Å². The van der Waals surface area contributed by atoms with Gasteiger partial charge in [-0.15, -0.1) is 0 Å². The number of likely N-dealkylation sites (N-methyl/N-ethyl adjacent to an activating group) is 1. The lowest BCUT2D eigenvalue weighted by Gasteiger charge is -2.12. The number of amides is 1. The minimum atomic E-state index is -0.507. The zero-order valence-corrected chi connectivity index (χ0v) is 11.7. The molecular weight excluding hydrogens is 289 g/mol. The molecule has 1 aromatic carbocycles. The van der Waals surface area contributed by atoms with Crippen molar-refractivity contribution in [2.45, 2.75) is 12.5 Å². The van der Waals surface area contributed by atoms with Gasteiger partial charge in [0.05, 0.1) is 16.1 Å². The molecule has 0 bridgehead atoms. The Bertz CT molecular complexity index is 738. The fourth-order valence-corrected chi connectivity index (χ4v) is 2.97. The minimum Gasteiger partial charge on any atom is -0.344 e. The molecule has 1 amide bonds. The molecule has 0 saturated carbocycles. The second-order valence-corrected chi connectivity index (χ2v) is 5.44. The second kappa shape index (κ2) is 4.31. The summed E-state index contributed by atoms with van der Waals surface area (Å²) in [6.07, 6.45) is 0.686. The molecule has 19 heavy (non-hydrogen) atoms. The molecule has 4 nitrogen and oxygen atoms in total. The van der Waals surface area contributed by atoms with Crippen LogP contribution in [0.2, 0.25) is 5.02 Å². The van der Waals surface area contributed by atoms with Crippen LogP contribution in [-0.2, 0) is 4.79 Å². The van der Waals surface area contributed by atoms with E-state index >= 15 is 0 Å². The molecule has 1 fully saturated rings. The van der Waals surface area contributed by atoms with E-state index in [1.54, 1.807) is 16.5 Å². The van der Waals surface area contributed by atoms with E-state index in [-0.39, 0.29) is 17.0 Å². The van der Waals surface area contributed by atoms with Gasteiger partial charge in [-0.2, -0.15) is 0 Å². The number of imidazole rings is 1. The highest BCUT2D eigenvalue weighted by atomic mass is 35.5. The predicted molar refractivity (Wildman–Crippen MR) is 73.4 cm³/mol. The number of hydrogen-bond acceptors (Lipinski definition) is 2. The number of halogens is 2. The van der Waals surface area contributed by atoms with Gasteiger partial charge in [0.1, 0.15) is 11.9 Å². The number of fused-ring (bicyclic) bond motifs is 1. The number of carbonyl (C=O) groups excluding carboxylic acids is 1. The Morgan fingerprint density at radius 3 is 2.89 bits per heavy atom. The maximum absolute atomic E-state index is 13.4. The first-order chi connectivity index (χ1) is 8.99. The number of nitrogens with one attached hydrogen (secondary N) is 1. The summed E-state index contributed by atoms with van der Waals surface area (Å²) in [5.41, 5.74) is 1.21. The van der Waals surface area contributed by atoms with Crippen molar-refractivity contribution in [2.75, 3.05) is 13.6 Å². The quantitative estimate of drug-likeness (QED) is 0.823. The molecule has 1 aromatic heterocycles. The molecule has 1 unspecified atom stereocenters. The van der Waals surface area contributed by atoms with E-state index < -0.39 is 5.82 Å². The van der Waals surface area contributed by atoms with E-state index in [1.165, 1.54) is 12.1 Å². The van der Waals surface area contributed by atoms with Crippen molar-refractivity contribution in [1.29, 1.82) is 0 Å². The monoisotopic (exact) mass is 299 g/mol. The molecule has 1 aliphatic heterocycles. The van der Waals surface area contributed by atoms with Crippen LogP contribution in [-0.4, -0.2) is 34.0 Å². The third-order valence-electron chi connectivity index (χ3n) is 3.47. The number of aromatic nitrogens is 2. The van der Waals surface area contributed by atoms with Crippen molar-refractivity contribution in [2.24, 2.45) is 0 Å². The molecule has 1 saturated heterocycles. The third kappa shape index (κ3) is 1.86. The van der Waals surface area contributed by atoms with Crippen LogP contribution >= 0.6 is 23.8 Å². The normalized spacial score (nSPS) is 19.6. The average Bonchev–Trinajstić information content (AvgIpc) is 2.82. The van der Waals surface area contributed by atoms with Gasteiger partial charge < -0.3 is 14.5 Å². The van der Waals surface area contributed by atoms with Crippen LogP contribution in [0.1, 0.15) is 12.5 Å². The van der Waals surface area contributed by atoms with Crippen LogP contribution in [0, 0.1) is 10.6 Å². The van der Waals surface area contributed by atoms with Crippen molar-refractivity contribution in [3.63, 3.8) is 0 Å². The molecule has 7 heteroatoms. The molecule has 1 aliphatic rings. The SMILES string of the molecule is CN1CCC(n2c(=S)[nH]c3cc(F)c(Cl)cc32)C1=O. The molecule has 2 heterocycles. The maximum Gasteiger partial charge on any atom is 0.245 e. The molecular formula is C12H11ClFN3OS. The highest BCUT2D eigenvalue weighted by Gasteiger charge is 2.32. The summed E-state index contributed by atoms with van der Waals surface area (Å²) in [7, 11) is 1.76. The van der Waals surface area contributed by atoms with Crippen LogP contribution in [0.25, 0.3) is 11.0 Å². The first-order valence-electron chi connectivity index (χ1n) is 5.83. The zero-order valence-electron chi connectivity index (χ0n) is 10.1. The highest BCUT2D eigenvalue weighted by molar-refractivity contribution is 7.71. The van der Waals surface area contributed by atoms with Gasteiger partial charge in [-0.05, 0) is 24.7 Å². The summed E-state index contributed by atoms with van der Waals surface area (Å²) in [5, 5.41) is 0.0223. The minimum absolute atomic E-state index is 0.0115. The Labute approximate surface area is 118 Å². The Morgan fingerprint density at radius 2 is 2.26 bits per heavy atom. The van der Waals surface area contributed by atoms with Crippen molar-refractivity contribution in [3.8, 4) is 0 Å². The standard InChI is InChI=1S/C12H11ClFN3OS/c1-16-3-2-9(11(16)18)17-10-4-6(13)7(14)5-8(10)15-12(17)19/h4-5,9H,2-3H2,1H3,(H,15,19). The van der Waals surface area contributed by atoms with Gasteiger partial charge in [0.2, 0.25) is 5.91 Å². The Morgan fingerprint density at radius 1 is 1.53 bits per heavy atom. The number of H-pyrrole nitrogens is 1. The number of rotatable bonds is 1. The lowest BCUT2D eigenvalue weighted by Crippen LogP contribution is -2.24. The molecule has 1 atom stereocenters. The van der Waals surface area contributed by atoms with Crippen molar-refractivity contribution in [3.05, 3.63) is 27.7 Å². The largest absolute Gasteiger partial charge is 0.344 e. The summed E-state index contributed by atoms with van der Waals surface area (Å²) in [6.45, 7) is 0.687. The topological polar surface area (TPSA) is 41.0 Å². The lowest BCUT2D eigenvalue weighted by atomic mass is 10.2. The number of carbonyl (C=O) groups is 1. The van der Waals surface area contributed by atoms with Gasteiger partial charge in [-0.3, -0.25) is 4.79 Å². The van der Waals surface area contributed by atoms with Crippen LogP contribution < -0.4 is 0 Å². The number of benzene rings is 1. The molecule has 2 aromatic rings. The summed E-state index contributed by atoms with van der Waals surface area (Å²) in [4.78, 5) is 16.7. The van der Waals surface area contributed by atoms with E-state index in [0.29, 0.717) is 28.8 Å². The van der Waals surface area contributed by atoms with Gasteiger partial charge in [-0.25, -0.2) is 4.39 Å². The lowest BCUT2D eigenvalue weighted by molar-refractivity contribution is -0.129. The van der Waals surface area contributed by atoms with E-state index in [1.807, 2.05) is 0 Å². The molecule has 100 valence electrons. The molecule has 0 spiro atoms. The van der Waals surface area contributed by atoms with Crippen LogP contribution in [0.15, 0.2) is 12.1 Å². The first-order valence-corrected chi connectivity index (χ1v) is 6.62. The second-order valence-electron chi connectivity index (χ2n) is 4.65. The van der Waals surface area contributed by atoms with Crippen LogP contribution in [0.5, 0.6) is 0 Å². The van der Waals surface area contributed by atoms with E-state index in [4.69, 9.17) is 23.8 Å². The van der Waals surface area contributed by atoms with Gasteiger partial charge in [0.15, 0.2) is 4.77 Å². The van der Waals surface area contributed by atoms with Crippen molar-refractivity contribution in [1.82, 2.24) is 14.5 Å². The fraction of sp³-hybridized carbons (Fsp3) is 0.333. The van der Waals surface area contributed by atoms with Crippen molar-refractivity contribution < 1.29 is 9.18 Å². The molecule has 3 rings (SSSR count). The number of nitrogens with zero attached hydrogens (tertiary/aromatic N) is 2. The Kier molecular flexibility index (Phi) is 2.87. The molecule has 1 N–H and O–H groups in total. The average molecular weight is 300 g/mol. The summed E-state index contributed by atoms with van der Waals surface area (Å²) < 4.78 is 15.6. The number of aromatic amines is 1. The van der Waals surface area contributed by atoms with Crippen LogP contribution in [0.4, 0.5) is 4.39 Å². The zero-order chi connectivity index (χ0) is 13.7. The van der Waals surface area contributed by atoms with Gasteiger partial charge in [0.25, 0.3) is 0 Å². The smallest absolute Gasteiger partial charge is 0.245 e. The Balaban J connectivity index is 2.24. The van der Waals surface area contributed by atoms with Crippen LogP contribution in [0.3, 0.4) is 0 Å². The third-order valence-corrected chi connectivity index (χ3v) is 4.06.